The van der Waals surface area contributed by atoms with Gasteiger partial charge in [0.25, 0.3) is 5.91 Å². The molecule has 0 aliphatic carbocycles. The largest absolute Gasteiger partial charge is 0.491 e. The van der Waals surface area contributed by atoms with Gasteiger partial charge in [0.1, 0.15) is 11.8 Å². The molecule has 0 aromatic heterocycles. The fourth-order valence-corrected chi connectivity index (χ4v) is 3.02. The highest BCUT2D eigenvalue weighted by Crippen LogP contribution is 2.24. The average Bonchev–Trinajstić information content (AvgIpc) is 2.79. The van der Waals surface area contributed by atoms with Crippen LogP contribution < -0.4 is 15.4 Å². The molecule has 0 aliphatic heterocycles. The van der Waals surface area contributed by atoms with E-state index < -0.39 is 6.04 Å². The van der Waals surface area contributed by atoms with Gasteiger partial charge in [-0.2, -0.15) is 0 Å². The SMILES string of the molecule is CCCOc1ccccc1NC(=O)C(Cc1ccccc1)NC(=O)c1ccccc1. The van der Waals surface area contributed by atoms with Crippen molar-refractivity contribution in [2.24, 2.45) is 0 Å². The van der Waals surface area contributed by atoms with Crippen LogP contribution in [0.2, 0.25) is 0 Å². The Balaban J connectivity index is 1.79. The highest BCUT2D eigenvalue weighted by Gasteiger charge is 2.23. The van der Waals surface area contributed by atoms with Crippen molar-refractivity contribution < 1.29 is 14.3 Å². The van der Waals surface area contributed by atoms with Crippen molar-refractivity contribution in [2.45, 2.75) is 25.8 Å². The second kappa shape index (κ2) is 10.8. The Morgan fingerprint density at radius 1 is 0.867 bits per heavy atom. The first-order valence-corrected chi connectivity index (χ1v) is 10.1. The summed E-state index contributed by atoms with van der Waals surface area (Å²) in [7, 11) is 0. The molecular weight excluding hydrogens is 376 g/mol. The number of rotatable bonds is 9. The van der Waals surface area contributed by atoms with Gasteiger partial charge in [0, 0.05) is 12.0 Å². The fourth-order valence-electron chi connectivity index (χ4n) is 3.02. The normalized spacial score (nSPS) is 11.4. The number of anilines is 1. The molecule has 2 N–H and O–H groups in total. The lowest BCUT2D eigenvalue weighted by atomic mass is 10.0. The van der Waals surface area contributed by atoms with Crippen molar-refractivity contribution in [2.75, 3.05) is 11.9 Å². The van der Waals surface area contributed by atoms with E-state index >= 15 is 0 Å². The molecular formula is C25H26N2O3. The highest BCUT2D eigenvalue weighted by molar-refractivity contribution is 6.01. The van der Waals surface area contributed by atoms with E-state index in [0.717, 1.165) is 12.0 Å². The lowest BCUT2D eigenvalue weighted by Gasteiger charge is -2.20. The monoisotopic (exact) mass is 402 g/mol. The van der Waals surface area contributed by atoms with E-state index in [1.54, 1.807) is 30.3 Å². The van der Waals surface area contributed by atoms with Crippen LogP contribution in [0.5, 0.6) is 5.75 Å². The Morgan fingerprint density at radius 3 is 2.20 bits per heavy atom. The molecule has 0 heterocycles. The van der Waals surface area contributed by atoms with Crippen LogP contribution in [0.15, 0.2) is 84.9 Å². The van der Waals surface area contributed by atoms with Gasteiger partial charge in [0.15, 0.2) is 0 Å². The molecule has 0 spiro atoms. The van der Waals surface area contributed by atoms with E-state index in [9.17, 15) is 9.59 Å². The Kier molecular flexibility index (Phi) is 7.61. The zero-order valence-corrected chi connectivity index (χ0v) is 17.0. The molecule has 0 saturated heterocycles. The summed E-state index contributed by atoms with van der Waals surface area (Å²) in [5, 5.41) is 5.79. The van der Waals surface area contributed by atoms with Gasteiger partial charge in [-0.1, -0.05) is 67.6 Å². The first kappa shape index (κ1) is 21.1. The maximum atomic E-state index is 13.1. The molecule has 0 bridgehead atoms. The third-order valence-corrected chi connectivity index (χ3v) is 4.55. The Morgan fingerprint density at radius 2 is 1.50 bits per heavy atom. The van der Waals surface area contributed by atoms with Crippen molar-refractivity contribution >= 4 is 17.5 Å². The van der Waals surface area contributed by atoms with Gasteiger partial charge in [0.05, 0.1) is 12.3 Å². The maximum Gasteiger partial charge on any atom is 0.251 e. The van der Waals surface area contributed by atoms with E-state index in [-0.39, 0.29) is 11.8 Å². The summed E-state index contributed by atoms with van der Waals surface area (Å²) in [5.41, 5.74) is 2.06. The van der Waals surface area contributed by atoms with Gasteiger partial charge in [-0.25, -0.2) is 0 Å². The predicted molar refractivity (Wildman–Crippen MR) is 119 cm³/mol. The summed E-state index contributed by atoms with van der Waals surface area (Å²) in [6.07, 6.45) is 1.25. The van der Waals surface area contributed by atoms with Gasteiger partial charge in [0.2, 0.25) is 5.91 Å². The molecule has 1 atom stereocenters. The molecule has 0 aliphatic rings. The molecule has 0 fully saturated rings. The molecule has 0 saturated carbocycles. The number of carbonyl (C=O) groups is 2. The van der Waals surface area contributed by atoms with E-state index in [4.69, 9.17) is 4.74 Å². The van der Waals surface area contributed by atoms with Crippen molar-refractivity contribution in [3.63, 3.8) is 0 Å². The summed E-state index contributed by atoms with van der Waals surface area (Å²) >= 11 is 0. The van der Waals surface area contributed by atoms with Crippen molar-refractivity contribution in [1.82, 2.24) is 5.32 Å². The van der Waals surface area contributed by atoms with E-state index in [1.807, 2.05) is 61.5 Å². The Hall–Kier alpha value is -3.60. The molecule has 5 nitrogen and oxygen atoms in total. The Bertz CT molecular complexity index is 958. The van der Waals surface area contributed by atoms with Crippen LogP contribution in [-0.2, 0) is 11.2 Å². The molecule has 3 aromatic rings. The Labute approximate surface area is 177 Å². The zero-order chi connectivity index (χ0) is 21.2. The molecule has 2 amide bonds. The highest BCUT2D eigenvalue weighted by atomic mass is 16.5. The van der Waals surface area contributed by atoms with Crippen LogP contribution in [0.4, 0.5) is 5.69 Å². The van der Waals surface area contributed by atoms with E-state index in [1.165, 1.54) is 0 Å². The van der Waals surface area contributed by atoms with Crippen LogP contribution in [0.3, 0.4) is 0 Å². The van der Waals surface area contributed by atoms with Crippen molar-refractivity contribution in [3.05, 3.63) is 96.1 Å². The summed E-state index contributed by atoms with van der Waals surface area (Å²) < 4.78 is 5.73. The molecule has 154 valence electrons. The lowest BCUT2D eigenvalue weighted by molar-refractivity contribution is -0.118. The first-order valence-electron chi connectivity index (χ1n) is 10.1. The molecule has 3 rings (SSSR count). The standard InChI is InChI=1S/C25H26N2O3/c1-2-17-30-23-16-10-9-15-21(23)26-25(29)22(18-19-11-5-3-6-12-19)27-24(28)20-13-7-4-8-14-20/h3-16,22H,2,17-18H2,1H3,(H,26,29)(H,27,28). The van der Waals surface area contributed by atoms with Crippen molar-refractivity contribution in [3.8, 4) is 5.75 Å². The van der Waals surface area contributed by atoms with E-state index in [2.05, 4.69) is 10.6 Å². The smallest absolute Gasteiger partial charge is 0.251 e. The van der Waals surface area contributed by atoms with Gasteiger partial charge in [-0.15, -0.1) is 0 Å². The van der Waals surface area contributed by atoms with Gasteiger partial charge in [-0.05, 0) is 36.2 Å². The van der Waals surface area contributed by atoms with Crippen LogP contribution in [0, 0.1) is 0 Å². The van der Waals surface area contributed by atoms with Crippen LogP contribution >= 0.6 is 0 Å². The number of carbonyl (C=O) groups excluding carboxylic acids is 2. The van der Waals surface area contributed by atoms with Crippen LogP contribution in [-0.4, -0.2) is 24.5 Å². The fraction of sp³-hybridized carbons (Fsp3) is 0.200. The number of benzene rings is 3. The minimum atomic E-state index is -0.737. The maximum absolute atomic E-state index is 13.1. The molecule has 5 heteroatoms. The molecule has 30 heavy (non-hydrogen) atoms. The summed E-state index contributed by atoms with van der Waals surface area (Å²) in [4.78, 5) is 25.8. The number of hydrogen-bond donors (Lipinski definition) is 2. The number of ether oxygens (including phenoxy) is 1. The number of nitrogens with one attached hydrogen (secondary N) is 2. The average molecular weight is 402 g/mol. The second-order valence-electron chi connectivity index (χ2n) is 6.92. The number of hydrogen-bond acceptors (Lipinski definition) is 3. The molecule has 0 radical (unpaired) electrons. The predicted octanol–water partition coefficient (Wildman–Crippen LogP) is 4.46. The first-order chi connectivity index (χ1) is 14.7. The van der Waals surface area contributed by atoms with Gasteiger partial charge >= 0.3 is 0 Å². The third kappa shape index (κ3) is 5.95. The molecule has 1 unspecified atom stereocenters. The van der Waals surface area contributed by atoms with Crippen LogP contribution in [0.25, 0.3) is 0 Å². The van der Waals surface area contributed by atoms with Gasteiger partial charge in [-0.3, -0.25) is 9.59 Å². The number of amides is 2. The minimum Gasteiger partial charge on any atom is -0.491 e. The molecule has 3 aromatic carbocycles. The zero-order valence-electron chi connectivity index (χ0n) is 17.0. The van der Waals surface area contributed by atoms with E-state index in [0.29, 0.717) is 30.0 Å². The topological polar surface area (TPSA) is 67.4 Å². The quantitative estimate of drug-likeness (QED) is 0.555. The van der Waals surface area contributed by atoms with Gasteiger partial charge < -0.3 is 15.4 Å². The van der Waals surface area contributed by atoms with Crippen molar-refractivity contribution in [1.29, 1.82) is 0 Å². The second-order valence-corrected chi connectivity index (χ2v) is 6.92. The lowest BCUT2D eigenvalue weighted by Crippen LogP contribution is -2.45. The minimum absolute atomic E-state index is 0.290. The van der Waals surface area contributed by atoms with Crippen LogP contribution in [0.1, 0.15) is 29.3 Å². The summed E-state index contributed by atoms with van der Waals surface area (Å²) in [6.45, 7) is 2.58. The third-order valence-electron chi connectivity index (χ3n) is 4.55. The number of para-hydroxylation sites is 2. The summed E-state index contributed by atoms with van der Waals surface area (Å²) in [5.74, 6) is 0.0263. The summed E-state index contributed by atoms with van der Waals surface area (Å²) in [6, 6.07) is 25.1.